The summed E-state index contributed by atoms with van der Waals surface area (Å²) in [7, 11) is -2.42. The van der Waals surface area contributed by atoms with E-state index in [4.69, 9.17) is 4.52 Å². The minimum absolute atomic E-state index is 0.163. The smallest absolute Gasteiger partial charge is 0.197 e. The highest BCUT2D eigenvalue weighted by molar-refractivity contribution is 7.57. The summed E-state index contributed by atoms with van der Waals surface area (Å²) in [6, 6.07) is 0. The number of fused-ring (bicyclic) bond motifs is 5. The van der Waals surface area contributed by atoms with Gasteiger partial charge in [0.15, 0.2) is 7.37 Å². The molecule has 0 bridgehead atoms. The monoisotopic (exact) mass is 460 g/mol. The van der Waals surface area contributed by atoms with E-state index in [2.05, 4.69) is 52.8 Å². The summed E-state index contributed by atoms with van der Waals surface area (Å²) in [5, 5.41) is 0. The summed E-state index contributed by atoms with van der Waals surface area (Å²) in [4.78, 5) is 0. The van der Waals surface area contributed by atoms with Gasteiger partial charge in [0.1, 0.15) is 0 Å². The van der Waals surface area contributed by atoms with Crippen LogP contribution in [-0.2, 0) is 9.09 Å². The lowest BCUT2D eigenvalue weighted by Gasteiger charge is -2.58. The van der Waals surface area contributed by atoms with Crippen LogP contribution >= 0.6 is 7.37 Å². The first-order valence-corrected chi connectivity index (χ1v) is 16.1. The molecule has 0 aliphatic heterocycles. The second-order valence-corrected chi connectivity index (χ2v) is 15.8. The Labute approximate surface area is 198 Å². The molecule has 0 saturated heterocycles. The SMILES string of the molecule is CC(C)C(C)/C=C/CC1CCC2C3CC=C4CC(OP(C)(C)=O)CCC4(C)C3CCC12C. The average Bonchev–Trinajstić information content (AvgIpc) is 3.03. The molecule has 0 aromatic heterocycles. The molecule has 0 aromatic rings. The fourth-order valence-corrected chi connectivity index (χ4v) is 9.15. The van der Waals surface area contributed by atoms with Crippen LogP contribution in [0.25, 0.3) is 0 Å². The number of rotatable bonds is 6. The van der Waals surface area contributed by atoms with E-state index in [0.717, 1.165) is 42.4 Å². The van der Waals surface area contributed by atoms with Crippen molar-refractivity contribution in [3.8, 4) is 0 Å². The summed E-state index contributed by atoms with van der Waals surface area (Å²) in [5.41, 5.74) is 2.51. The van der Waals surface area contributed by atoms with Crippen LogP contribution in [0.5, 0.6) is 0 Å². The van der Waals surface area contributed by atoms with Gasteiger partial charge in [-0.05, 0) is 104 Å². The van der Waals surface area contributed by atoms with Gasteiger partial charge in [0.25, 0.3) is 0 Å². The quantitative estimate of drug-likeness (QED) is 0.292. The lowest BCUT2D eigenvalue weighted by molar-refractivity contribution is -0.0474. The zero-order valence-electron chi connectivity index (χ0n) is 21.9. The van der Waals surface area contributed by atoms with Gasteiger partial charge < -0.3 is 4.52 Å². The molecule has 8 atom stereocenters. The van der Waals surface area contributed by atoms with Gasteiger partial charge in [-0.25, -0.2) is 0 Å². The van der Waals surface area contributed by atoms with Crippen molar-refractivity contribution in [1.82, 2.24) is 0 Å². The van der Waals surface area contributed by atoms with Gasteiger partial charge in [0.05, 0.1) is 6.10 Å². The zero-order valence-corrected chi connectivity index (χ0v) is 22.8. The molecule has 0 aromatic carbocycles. The normalized spacial score (nSPS) is 43.0. The maximum absolute atomic E-state index is 12.2. The van der Waals surface area contributed by atoms with E-state index in [-0.39, 0.29) is 6.10 Å². The average molecular weight is 461 g/mol. The molecule has 8 unspecified atom stereocenters. The molecule has 0 N–H and O–H groups in total. The van der Waals surface area contributed by atoms with E-state index in [1.54, 1.807) is 18.9 Å². The maximum Gasteiger partial charge on any atom is 0.197 e. The van der Waals surface area contributed by atoms with Crippen LogP contribution in [0.2, 0.25) is 0 Å². The number of allylic oxidation sites excluding steroid dienone is 3. The summed E-state index contributed by atoms with van der Waals surface area (Å²) < 4.78 is 18.2. The van der Waals surface area contributed by atoms with Gasteiger partial charge in [-0.15, -0.1) is 0 Å². The van der Waals surface area contributed by atoms with Gasteiger partial charge in [0.2, 0.25) is 0 Å². The van der Waals surface area contributed by atoms with Crippen molar-refractivity contribution in [3.63, 3.8) is 0 Å². The van der Waals surface area contributed by atoms with Crippen LogP contribution in [0.4, 0.5) is 0 Å². The van der Waals surface area contributed by atoms with E-state index in [1.807, 2.05) is 0 Å². The highest BCUT2D eigenvalue weighted by Crippen LogP contribution is 2.67. The Bertz CT molecular complexity index is 791. The van der Waals surface area contributed by atoms with Crippen LogP contribution in [-0.4, -0.2) is 19.4 Å². The second kappa shape index (κ2) is 9.03. The highest BCUT2D eigenvalue weighted by atomic mass is 31.2. The van der Waals surface area contributed by atoms with Crippen LogP contribution in [0, 0.1) is 46.3 Å². The Morgan fingerprint density at radius 1 is 1.09 bits per heavy atom. The zero-order chi connectivity index (χ0) is 23.3. The van der Waals surface area contributed by atoms with E-state index in [1.165, 1.54) is 44.9 Å². The third-order valence-corrected chi connectivity index (χ3v) is 11.4. The fourth-order valence-electron chi connectivity index (χ4n) is 8.25. The predicted octanol–water partition coefficient (Wildman–Crippen LogP) is 8.73. The summed E-state index contributed by atoms with van der Waals surface area (Å²) in [6.45, 7) is 15.8. The molecule has 0 spiro atoms. The lowest BCUT2D eigenvalue weighted by atomic mass is 9.47. The standard InChI is InChI=1S/C29H49O2P/c1-20(2)21(3)9-8-10-22-12-14-26-25-13-11-23-19-24(31-32(6,7)30)15-17-29(23,5)27(25)16-18-28(22,26)4/h8-9,11,20-22,24-27H,10,12-19H2,1-7H3/b9-8+. The van der Waals surface area contributed by atoms with Crippen molar-refractivity contribution in [2.24, 2.45) is 46.3 Å². The topological polar surface area (TPSA) is 26.3 Å². The van der Waals surface area contributed by atoms with E-state index in [9.17, 15) is 4.57 Å². The van der Waals surface area contributed by atoms with Crippen molar-refractivity contribution in [2.75, 3.05) is 13.3 Å². The molecule has 3 heteroatoms. The van der Waals surface area contributed by atoms with E-state index in [0.29, 0.717) is 16.7 Å². The molecule has 2 nitrogen and oxygen atoms in total. The molecule has 0 amide bonds. The maximum atomic E-state index is 12.2. The first-order chi connectivity index (χ1) is 14.9. The summed E-state index contributed by atoms with van der Waals surface area (Å²) >= 11 is 0. The van der Waals surface area contributed by atoms with Crippen molar-refractivity contribution < 1.29 is 9.09 Å². The van der Waals surface area contributed by atoms with Crippen molar-refractivity contribution in [3.05, 3.63) is 23.8 Å². The molecule has 4 aliphatic rings. The molecular formula is C29H49O2P. The minimum Gasteiger partial charge on any atom is -0.325 e. The molecule has 32 heavy (non-hydrogen) atoms. The third-order valence-electron chi connectivity index (χ3n) is 10.6. The van der Waals surface area contributed by atoms with Gasteiger partial charge in [-0.1, -0.05) is 58.4 Å². The Morgan fingerprint density at radius 3 is 2.53 bits per heavy atom. The minimum atomic E-state index is -2.42. The van der Waals surface area contributed by atoms with Crippen molar-refractivity contribution in [2.45, 2.75) is 98.5 Å². The highest BCUT2D eigenvalue weighted by Gasteiger charge is 2.58. The Hall–Kier alpha value is -0.330. The number of hydrogen-bond acceptors (Lipinski definition) is 2. The molecule has 4 rings (SSSR count). The van der Waals surface area contributed by atoms with E-state index >= 15 is 0 Å². The molecule has 4 aliphatic carbocycles. The molecule has 0 radical (unpaired) electrons. The Morgan fingerprint density at radius 2 is 1.84 bits per heavy atom. The molecule has 0 heterocycles. The van der Waals surface area contributed by atoms with Crippen molar-refractivity contribution >= 4 is 7.37 Å². The molecule has 3 saturated carbocycles. The molecule has 182 valence electrons. The largest absolute Gasteiger partial charge is 0.325 e. The lowest BCUT2D eigenvalue weighted by Crippen LogP contribution is -2.50. The van der Waals surface area contributed by atoms with Crippen LogP contribution < -0.4 is 0 Å². The fraction of sp³-hybridized carbons (Fsp3) is 0.862. The van der Waals surface area contributed by atoms with Crippen LogP contribution in [0.3, 0.4) is 0 Å². The molecule has 3 fully saturated rings. The van der Waals surface area contributed by atoms with Crippen LogP contribution in [0.1, 0.15) is 92.4 Å². The second-order valence-electron chi connectivity index (χ2n) is 13.1. The summed E-state index contributed by atoms with van der Waals surface area (Å²) in [6.07, 6.45) is 19.3. The molecular weight excluding hydrogens is 411 g/mol. The van der Waals surface area contributed by atoms with Crippen molar-refractivity contribution in [1.29, 1.82) is 0 Å². The predicted molar refractivity (Wildman–Crippen MR) is 137 cm³/mol. The third kappa shape index (κ3) is 4.62. The van der Waals surface area contributed by atoms with Gasteiger partial charge in [0, 0.05) is 13.3 Å². The first kappa shape index (κ1) is 24.8. The van der Waals surface area contributed by atoms with Gasteiger partial charge in [-0.3, -0.25) is 4.57 Å². The van der Waals surface area contributed by atoms with E-state index < -0.39 is 7.37 Å². The first-order valence-electron chi connectivity index (χ1n) is 13.5. The van der Waals surface area contributed by atoms with Gasteiger partial charge >= 0.3 is 0 Å². The number of hydrogen-bond donors (Lipinski definition) is 0. The Kier molecular flexibility index (Phi) is 7.00. The van der Waals surface area contributed by atoms with Crippen LogP contribution in [0.15, 0.2) is 23.8 Å². The summed E-state index contributed by atoms with van der Waals surface area (Å²) in [5.74, 6) is 4.90. The van der Waals surface area contributed by atoms with Gasteiger partial charge in [-0.2, -0.15) is 0 Å². The Balaban J connectivity index is 1.47.